The van der Waals surface area contributed by atoms with Crippen molar-refractivity contribution in [2.45, 2.75) is 44.2 Å². The number of carbonyl (C=O) groups is 1. The molecule has 8 heteroatoms. The summed E-state index contributed by atoms with van der Waals surface area (Å²) < 4.78 is 6.88. The Morgan fingerprint density at radius 3 is 2.62 bits per heavy atom. The first kappa shape index (κ1) is 20.1. The van der Waals surface area contributed by atoms with Gasteiger partial charge in [0.05, 0.1) is 18.2 Å². The van der Waals surface area contributed by atoms with Crippen LogP contribution >= 0.6 is 0 Å². The molecule has 0 radical (unpaired) electrons. The van der Waals surface area contributed by atoms with Gasteiger partial charge in [-0.15, -0.1) is 0 Å². The monoisotopic (exact) mass is 429 g/mol. The third-order valence-electron chi connectivity index (χ3n) is 5.99. The smallest absolute Gasteiger partial charge is 0.267 e. The summed E-state index contributed by atoms with van der Waals surface area (Å²) in [4.78, 5) is 29.0. The van der Waals surface area contributed by atoms with Crippen LogP contribution in [0.4, 0.5) is 0 Å². The lowest BCUT2D eigenvalue weighted by Gasteiger charge is -2.29. The zero-order chi connectivity index (χ0) is 21.9. The summed E-state index contributed by atoms with van der Waals surface area (Å²) >= 11 is 0. The summed E-state index contributed by atoms with van der Waals surface area (Å²) in [6.45, 7) is 0. The molecule has 0 spiro atoms. The van der Waals surface area contributed by atoms with Gasteiger partial charge in [0.2, 0.25) is 5.91 Å². The second-order valence-electron chi connectivity index (χ2n) is 8.11. The predicted molar refractivity (Wildman–Crippen MR) is 119 cm³/mol. The molecule has 1 aromatic carbocycles. The minimum Gasteiger partial charge on any atom is -0.356 e. The van der Waals surface area contributed by atoms with Crippen LogP contribution in [-0.2, 0) is 11.2 Å². The van der Waals surface area contributed by atoms with Gasteiger partial charge in [-0.05, 0) is 56.0 Å². The molecule has 32 heavy (non-hydrogen) atoms. The molecule has 0 unspecified atom stereocenters. The van der Waals surface area contributed by atoms with E-state index in [1.54, 1.807) is 29.2 Å². The van der Waals surface area contributed by atoms with E-state index < -0.39 is 0 Å². The van der Waals surface area contributed by atoms with E-state index >= 15 is 0 Å². The quantitative estimate of drug-likeness (QED) is 0.522. The highest BCUT2D eigenvalue weighted by Crippen LogP contribution is 2.28. The summed E-state index contributed by atoms with van der Waals surface area (Å²) in [6, 6.07) is 14.7. The number of hydrogen-bond acceptors (Lipinski definition) is 6. The molecule has 1 N–H and O–H groups in total. The van der Waals surface area contributed by atoms with Crippen molar-refractivity contribution in [3.05, 3.63) is 77.0 Å². The molecule has 0 atom stereocenters. The highest BCUT2D eigenvalue weighted by Gasteiger charge is 2.25. The molecule has 1 saturated carbocycles. The Morgan fingerprint density at radius 2 is 1.81 bits per heavy atom. The third-order valence-corrected chi connectivity index (χ3v) is 5.99. The van der Waals surface area contributed by atoms with Gasteiger partial charge < -0.3 is 9.84 Å². The van der Waals surface area contributed by atoms with Crippen LogP contribution in [0.25, 0.3) is 22.2 Å². The van der Waals surface area contributed by atoms with E-state index in [2.05, 4.69) is 20.6 Å². The van der Waals surface area contributed by atoms with E-state index in [1.165, 1.54) is 0 Å². The van der Waals surface area contributed by atoms with Crippen molar-refractivity contribution in [3.8, 4) is 11.3 Å². The molecule has 1 fully saturated rings. The van der Waals surface area contributed by atoms with Gasteiger partial charge in [-0.3, -0.25) is 14.6 Å². The largest absolute Gasteiger partial charge is 0.356 e. The first-order chi connectivity index (χ1) is 15.7. The number of amides is 1. The number of fused-ring (bicyclic) bond motifs is 1. The molecule has 0 bridgehead atoms. The topological polar surface area (TPSA) is 103 Å². The van der Waals surface area contributed by atoms with Crippen LogP contribution in [0.5, 0.6) is 0 Å². The summed E-state index contributed by atoms with van der Waals surface area (Å²) in [7, 11) is 0. The maximum absolute atomic E-state index is 12.6. The normalized spacial score (nSPS) is 18.5. The summed E-state index contributed by atoms with van der Waals surface area (Å²) in [5, 5.41) is 12.6. The number of hydrogen-bond donors (Lipinski definition) is 1. The molecular weight excluding hydrogens is 406 g/mol. The molecule has 1 aliphatic carbocycles. The van der Waals surface area contributed by atoms with Gasteiger partial charge in [-0.1, -0.05) is 17.3 Å². The van der Waals surface area contributed by atoms with Gasteiger partial charge in [-0.25, -0.2) is 4.68 Å². The van der Waals surface area contributed by atoms with Crippen molar-refractivity contribution < 1.29 is 9.32 Å². The standard InChI is InChI=1S/C24H23N5O3/c30-23(15-21-19-3-1-2-4-22(19)32-28-21)26-17-5-7-18(8-6-17)29-24(31)10-9-20(27-29)16-11-13-25-14-12-16/h1-4,9-14,17-18H,5-8,15H2,(H,26,30). The molecule has 0 saturated heterocycles. The van der Waals surface area contributed by atoms with Gasteiger partial charge in [0.15, 0.2) is 5.58 Å². The Bertz CT molecular complexity index is 1290. The first-order valence-corrected chi connectivity index (χ1v) is 10.8. The van der Waals surface area contributed by atoms with Gasteiger partial charge in [0.25, 0.3) is 5.56 Å². The molecule has 1 amide bonds. The van der Waals surface area contributed by atoms with Crippen LogP contribution in [0.1, 0.15) is 37.4 Å². The number of benzene rings is 1. The molecule has 3 aromatic heterocycles. The van der Waals surface area contributed by atoms with Crippen molar-refractivity contribution in [2.24, 2.45) is 0 Å². The van der Waals surface area contributed by atoms with Crippen LogP contribution in [0.15, 0.2) is 70.2 Å². The van der Waals surface area contributed by atoms with Crippen molar-refractivity contribution >= 4 is 16.9 Å². The minimum absolute atomic E-state index is 0.0249. The molecule has 3 heterocycles. The zero-order valence-electron chi connectivity index (χ0n) is 17.5. The zero-order valence-corrected chi connectivity index (χ0v) is 17.5. The van der Waals surface area contributed by atoms with Crippen molar-refractivity contribution in [1.82, 2.24) is 25.2 Å². The first-order valence-electron chi connectivity index (χ1n) is 10.8. The van der Waals surface area contributed by atoms with E-state index in [0.717, 1.165) is 42.3 Å². The minimum atomic E-state index is -0.104. The van der Waals surface area contributed by atoms with Crippen molar-refractivity contribution in [3.63, 3.8) is 0 Å². The Hall–Kier alpha value is -3.81. The number of carbonyl (C=O) groups excluding carboxylic acids is 1. The fourth-order valence-corrected chi connectivity index (χ4v) is 4.32. The highest BCUT2D eigenvalue weighted by atomic mass is 16.5. The molecule has 5 rings (SSSR count). The molecule has 162 valence electrons. The third kappa shape index (κ3) is 4.16. The second-order valence-corrected chi connectivity index (χ2v) is 8.11. The number of pyridine rings is 1. The fraction of sp³-hybridized carbons (Fsp3) is 0.292. The van der Waals surface area contributed by atoms with E-state index in [0.29, 0.717) is 11.3 Å². The van der Waals surface area contributed by atoms with E-state index in [9.17, 15) is 9.59 Å². The molecule has 8 nitrogen and oxygen atoms in total. The molecule has 1 aliphatic rings. The Labute approximate surface area is 184 Å². The van der Waals surface area contributed by atoms with E-state index in [1.807, 2.05) is 36.4 Å². The van der Waals surface area contributed by atoms with E-state index in [-0.39, 0.29) is 30.0 Å². The fourth-order valence-electron chi connectivity index (χ4n) is 4.32. The lowest BCUT2D eigenvalue weighted by Crippen LogP contribution is -2.40. The Balaban J connectivity index is 1.21. The van der Waals surface area contributed by atoms with Crippen LogP contribution in [0.2, 0.25) is 0 Å². The summed E-state index contributed by atoms with van der Waals surface area (Å²) in [5.74, 6) is -0.0671. The van der Waals surface area contributed by atoms with Crippen molar-refractivity contribution in [1.29, 1.82) is 0 Å². The molecular formula is C24H23N5O3. The lowest BCUT2D eigenvalue weighted by molar-refractivity contribution is -0.121. The number of para-hydroxylation sites is 1. The summed E-state index contributed by atoms with van der Waals surface area (Å²) in [5.41, 5.74) is 2.91. The van der Waals surface area contributed by atoms with Gasteiger partial charge in [-0.2, -0.15) is 5.10 Å². The van der Waals surface area contributed by atoms with Crippen LogP contribution < -0.4 is 10.9 Å². The lowest BCUT2D eigenvalue weighted by atomic mass is 9.91. The number of nitrogens with one attached hydrogen (secondary N) is 1. The van der Waals surface area contributed by atoms with E-state index in [4.69, 9.17) is 4.52 Å². The summed E-state index contributed by atoms with van der Waals surface area (Å²) in [6.07, 6.45) is 6.76. The number of nitrogens with zero attached hydrogens (tertiary/aromatic N) is 4. The van der Waals surface area contributed by atoms with Gasteiger partial charge in [0, 0.05) is 35.5 Å². The predicted octanol–water partition coefficient (Wildman–Crippen LogP) is 3.29. The highest BCUT2D eigenvalue weighted by molar-refractivity contribution is 5.86. The Morgan fingerprint density at radius 1 is 1.03 bits per heavy atom. The number of rotatable bonds is 5. The Kier molecular flexibility index (Phi) is 5.49. The SMILES string of the molecule is O=C(Cc1noc2ccccc12)NC1CCC(n2nc(-c3ccncc3)ccc2=O)CC1. The number of aromatic nitrogens is 4. The average molecular weight is 429 g/mol. The average Bonchev–Trinajstić information content (AvgIpc) is 3.23. The van der Waals surface area contributed by atoms with Crippen LogP contribution in [0, 0.1) is 0 Å². The van der Waals surface area contributed by atoms with Gasteiger partial charge >= 0.3 is 0 Å². The van der Waals surface area contributed by atoms with Crippen molar-refractivity contribution in [2.75, 3.05) is 0 Å². The maximum Gasteiger partial charge on any atom is 0.267 e. The second kappa shape index (κ2) is 8.74. The molecule has 0 aliphatic heterocycles. The van der Waals surface area contributed by atoms with Crippen LogP contribution in [0.3, 0.4) is 0 Å². The maximum atomic E-state index is 12.6. The molecule has 4 aromatic rings. The van der Waals surface area contributed by atoms with Gasteiger partial charge in [0.1, 0.15) is 5.69 Å². The van der Waals surface area contributed by atoms with Crippen LogP contribution in [-0.4, -0.2) is 31.9 Å².